The first-order valence-corrected chi connectivity index (χ1v) is 7.07. The summed E-state index contributed by atoms with van der Waals surface area (Å²) < 4.78 is 0. The first-order valence-electron chi connectivity index (χ1n) is 7.07. The van der Waals surface area contributed by atoms with E-state index >= 15 is 0 Å². The van der Waals surface area contributed by atoms with E-state index in [0.29, 0.717) is 19.0 Å². The zero-order chi connectivity index (χ0) is 14.0. The summed E-state index contributed by atoms with van der Waals surface area (Å²) in [6.07, 6.45) is 2.73. The smallest absolute Gasteiger partial charge is 0.326 e. The minimum atomic E-state index is -0.969. The number of urea groups is 1. The van der Waals surface area contributed by atoms with Crippen LogP contribution in [-0.4, -0.2) is 64.7 Å². The molecule has 2 amide bonds. The van der Waals surface area contributed by atoms with Gasteiger partial charge in [0.15, 0.2) is 0 Å². The molecule has 0 aromatic rings. The SMILES string of the molecule is CC[C@H](NC(=O)N1CC2CCCN2CC1C)C(=O)O. The second kappa shape index (κ2) is 5.77. The van der Waals surface area contributed by atoms with E-state index in [-0.39, 0.29) is 12.1 Å². The van der Waals surface area contributed by atoms with E-state index in [1.165, 1.54) is 6.42 Å². The van der Waals surface area contributed by atoms with E-state index in [0.717, 1.165) is 19.5 Å². The normalized spacial score (nSPS) is 28.8. The number of hydrogen-bond donors (Lipinski definition) is 2. The van der Waals surface area contributed by atoms with Gasteiger partial charge in [-0.05, 0) is 32.7 Å². The lowest BCUT2D eigenvalue weighted by molar-refractivity contribution is -0.139. The average molecular weight is 269 g/mol. The monoisotopic (exact) mass is 269 g/mol. The third kappa shape index (κ3) is 3.00. The molecule has 0 aromatic carbocycles. The number of amides is 2. The van der Waals surface area contributed by atoms with Gasteiger partial charge in [-0.25, -0.2) is 9.59 Å². The molecule has 0 radical (unpaired) electrons. The number of carboxylic acids is 1. The van der Waals surface area contributed by atoms with Gasteiger partial charge in [-0.3, -0.25) is 4.90 Å². The van der Waals surface area contributed by atoms with Gasteiger partial charge < -0.3 is 15.3 Å². The van der Waals surface area contributed by atoms with E-state index < -0.39 is 12.0 Å². The van der Waals surface area contributed by atoms with Gasteiger partial charge in [0.1, 0.15) is 6.04 Å². The molecule has 0 saturated carbocycles. The summed E-state index contributed by atoms with van der Waals surface area (Å²) in [6, 6.07) is -0.442. The molecule has 0 aliphatic carbocycles. The molecule has 2 aliphatic heterocycles. The standard InChI is InChI=1S/C13H23N3O3/c1-3-11(12(17)18)14-13(19)16-8-10-5-4-6-15(10)7-9(16)2/h9-11H,3-8H2,1-2H3,(H,14,19)(H,17,18)/t9?,10?,11-/m0/s1. The number of piperazine rings is 1. The lowest BCUT2D eigenvalue weighted by Gasteiger charge is -2.42. The van der Waals surface area contributed by atoms with Crippen LogP contribution in [0.1, 0.15) is 33.1 Å². The van der Waals surface area contributed by atoms with Crippen molar-refractivity contribution in [1.29, 1.82) is 0 Å². The number of nitrogens with zero attached hydrogens (tertiary/aromatic N) is 2. The highest BCUT2D eigenvalue weighted by Gasteiger charge is 2.37. The molecule has 3 atom stereocenters. The van der Waals surface area contributed by atoms with Crippen LogP contribution in [0, 0.1) is 0 Å². The van der Waals surface area contributed by atoms with Crippen molar-refractivity contribution in [3.05, 3.63) is 0 Å². The fourth-order valence-electron chi connectivity index (χ4n) is 3.04. The van der Waals surface area contributed by atoms with E-state index in [4.69, 9.17) is 5.11 Å². The predicted octanol–water partition coefficient (Wildman–Crippen LogP) is 0.728. The molecule has 2 saturated heterocycles. The van der Waals surface area contributed by atoms with Crippen LogP contribution in [0.5, 0.6) is 0 Å². The van der Waals surface area contributed by atoms with Crippen molar-refractivity contribution in [3.63, 3.8) is 0 Å². The van der Waals surface area contributed by atoms with Gasteiger partial charge in [0, 0.05) is 25.2 Å². The second-order valence-corrected chi connectivity index (χ2v) is 5.54. The molecule has 108 valence electrons. The van der Waals surface area contributed by atoms with Gasteiger partial charge in [0.05, 0.1) is 0 Å². The summed E-state index contributed by atoms with van der Waals surface area (Å²) in [5.41, 5.74) is 0. The predicted molar refractivity (Wildman–Crippen MR) is 71.0 cm³/mol. The zero-order valence-electron chi connectivity index (χ0n) is 11.6. The van der Waals surface area contributed by atoms with Crippen LogP contribution >= 0.6 is 0 Å². The molecule has 2 N–H and O–H groups in total. The van der Waals surface area contributed by atoms with Gasteiger partial charge in [0.2, 0.25) is 0 Å². The summed E-state index contributed by atoms with van der Waals surface area (Å²) in [7, 11) is 0. The molecule has 6 nitrogen and oxygen atoms in total. The third-order valence-electron chi connectivity index (χ3n) is 4.20. The number of carboxylic acid groups (broad SMARTS) is 1. The van der Waals surface area contributed by atoms with Crippen molar-refractivity contribution in [2.75, 3.05) is 19.6 Å². The summed E-state index contributed by atoms with van der Waals surface area (Å²) >= 11 is 0. The van der Waals surface area contributed by atoms with Crippen molar-refractivity contribution in [1.82, 2.24) is 15.1 Å². The average Bonchev–Trinajstić information content (AvgIpc) is 2.81. The lowest BCUT2D eigenvalue weighted by atomic mass is 10.1. The zero-order valence-corrected chi connectivity index (χ0v) is 11.6. The highest BCUT2D eigenvalue weighted by Crippen LogP contribution is 2.24. The summed E-state index contributed by atoms with van der Waals surface area (Å²) in [4.78, 5) is 27.4. The number of fused-ring (bicyclic) bond motifs is 1. The molecule has 2 heterocycles. The van der Waals surface area contributed by atoms with Gasteiger partial charge >= 0.3 is 12.0 Å². The highest BCUT2D eigenvalue weighted by atomic mass is 16.4. The second-order valence-electron chi connectivity index (χ2n) is 5.54. The van der Waals surface area contributed by atoms with E-state index in [1.54, 1.807) is 11.8 Å². The summed E-state index contributed by atoms with van der Waals surface area (Å²) in [5, 5.41) is 11.6. The number of nitrogens with one attached hydrogen (secondary N) is 1. The fraction of sp³-hybridized carbons (Fsp3) is 0.846. The number of aliphatic carboxylic acids is 1. The van der Waals surface area contributed by atoms with Crippen molar-refractivity contribution in [2.45, 2.75) is 51.2 Å². The fourth-order valence-corrected chi connectivity index (χ4v) is 3.04. The topological polar surface area (TPSA) is 72.9 Å². The Hall–Kier alpha value is -1.30. The van der Waals surface area contributed by atoms with Crippen LogP contribution in [0.25, 0.3) is 0 Å². The van der Waals surface area contributed by atoms with Crippen LogP contribution in [-0.2, 0) is 4.79 Å². The van der Waals surface area contributed by atoms with Crippen LogP contribution < -0.4 is 5.32 Å². The lowest BCUT2D eigenvalue weighted by Crippen LogP contribution is -2.60. The first-order chi connectivity index (χ1) is 9.02. The molecule has 0 aromatic heterocycles. The maximum Gasteiger partial charge on any atom is 0.326 e. The van der Waals surface area contributed by atoms with E-state index in [9.17, 15) is 9.59 Å². The van der Waals surface area contributed by atoms with Crippen molar-refractivity contribution < 1.29 is 14.7 Å². The quantitative estimate of drug-likeness (QED) is 0.792. The van der Waals surface area contributed by atoms with E-state index in [2.05, 4.69) is 10.2 Å². The van der Waals surface area contributed by atoms with Gasteiger partial charge in [-0.1, -0.05) is 6.92 Å². The van der Waals surface area contributed by atoms with Crippen LogP contribution in [0.4, 0.5) is 4.79 Å². The Labute approximate surface area is 113 Å². The minimum Gasteiger partial charge on any atom is -0.480 e. The van der Waals surface area contributed by atoms with Gasteiger partial charge in [0.25, 0.3) is 0 Å². The highest BCUT2D eigenvalue weighted by molar-refractivity contribution is 5.82. The number of carbonyl (C=O) groups is 2. The van der Waals surface area contributed by atoms with Crippen molar-refractivity contribution in [2.24, 2.45) is 0 Å². The molecule has 0 spiro atoms. The Morgan fingerprint density at radius 3 is 2.79 bits per heavy atom. The van der Waals surface area contributed by atoms with Gasteiger partial charge in [-0.15, -0.1) is 0 Å². The molecular formula is C13H23N3O3. The van der Waals surface area contributed by atoms with Crippen LogP contribution in [0.2, 0.25) is 0 Å². The number of rotatable bonds is 3. The molecule has 2 aliphatic rings. The number of carbonyl (C=O) groups excluding carboxylic acids is 1. The summed E-state index contributed by atoms with van der Waals surface area (Å²) in [5.74, 6) is -0.969. The molecule has 6 heteroatoms. The number of hydrogen-bond acceptors (Lipinski definition) is 3. The molecule has 0 bridgehead atoms. The van der Waals surface area contributed by atoms with Crippen molar-refractivity contribution in [3.8, 4) is 0 Å². The van der Waals surface area contributed by atoms with E-state index in [1.807, 2.05) is 6.92 Å². The molecule has 19 heavy (non-hydrogen) atoms. The van der Waals surface area contributed by atoms with Crippen LogP contribution in [0.3, 0.4) is 0 Å². The first kappa shape index (κ1) is 14.1. The van der Waals surface area contributed by atoms with Crippen molar-refractivity contribution >= 4 is 12.0 Å². The molecule has 2 unspecified atom stereocenters. The molecule has 2 rings (SSSR count). The van der Waals surface area contributed by atoms with Gasteiger partial charge in [-0.2, -0.15) is 0 Å². The molecular weight excluding hydrogens is 246 g/mol. The third-order valence-corrected chi connectivity index (χ3v) is 4.20. The Balaban J connectivity index is 1.96. The minimum absolute atomic E-state index is 0.139. The Bertz CT molecular complexity index is 361. The molecule has 2 fully saturated rings. The largest absolute Gasteiger partial charge is 0.480 e. The summed E-state index contributed by atoms with van der Waals surface area (Å²) in [6.45, 7) is 6.51. The maximum absolute atomic E-state index is 12.2. The Morgan fingerprint density at radius 2 is 2.16 bits per heavy atom. The Morgan fingerprint density at radius 1 is 1.42 bits per heavy atom. The van der Waals surface area contributed by atoms with Crippen LogP contribution in [0.15, 0.2) is 0 Å². The Kier molecular flexibility index (Phi) is 4.29. The maximum atomic E-state index is 12.2.